The van der Waals surface area contributed by atoms with E-state index in [2.05, 4.69) is 10.6 Å². The van der Waals surface area contributed by atoms with Gasteiger partial charge in [0.05, 0.1) is 0 Å². The third kappa shape index (κ3) is 3.92. The number of carbonyl (C=O) groups excluding carboxylic acids is 3. The summed E-state index contributed by atoms with van der Waals surface area (Å²) in [6.45, 7) is 4.30. The number of amides is 3. The maximum absolute atomic E-state index is 13.0. The molecule has 0 radical (unpaired) electrons. The lowest BCUT2D eigenvalue weighted by atomic mass is 9.49. The van der Waals surface area contributed by atoms with Gasteiger partial charge < -0.3 is 15.5 Å². The number of piperidine rings is 1. The lowest BCUT2D eigenvalue weighted by Gasteiger charge is -2.55. The second-order valence-corrected chi connectivity index (χ2v) is 9.75. The quantitative estimate of drug-likeness (QED) is 0.730. The van der Waals surface area contributed by atoms with Gasteiger partial charge in [0, 0.05) is 43.9 Å². The molecule has 2 N–H and O–H groups in total. The van der Waals surface area contributed by atoms with Crippen LogP contribution in [0.4, 0.5) is 0 Å². The smallest absolute Gasteiger partial charge is 0.226 e. The van der Waals surface area contributed by atoms with Crippen molar-refractivity contribution in [2.75, 3.05) is 26.2 Å². The monoisotopic (exact) mass is 389 g/mol. The van der Waals surface area contributed by atoms with Crippen molar-refractivity contribution >= 4 is 17.7 Å². The standard InChI is InChI=1S/C22H35N3O3/c1-2-23-20(27)18-4-7-25(8-5-18)19(26)3-6-24-21(28)22-12-15-9-16(13-22)11-17(10-15)14-22/h15-18H,2-14H2,1H3,(H,23,27)(H,24,28). The first-order valence-electron chi connectivity index (χ1n) is 11.3. The van der Waals surface area contributed by atoms with E-state index in [1.54, 1.807) is 0 Å². The maximum atomic E-state index is 13.0. The van der Waals surface area contributed by atoms with Gasteiger partial charge in [-0.15, -0.1) is 0 Å². The predicted molar refractivity (Wildman–Crippen MR) is 106 cm³/mol. The van der Waals surface area contributed by atoms with Crippen molar-refractivity contribution in [2.45, 2.75) is 64.7 Å². The third-order valence-electron chi connectivity index (χ3n) is 7.71. The molecule has 6 heteroatoms. The van der Waals surface area contributed by atoms with E-state index in [1.165, 1.54) is 19.3 Å². The zero-order chi connectivity index (χ0) is 19.7. The van der Waals surface area contributed by atoms with E-state index in [0.717, 1.165) is 49.9 Å². The Balaban J connectivity index is 1.20. The first-order chi connectivity index (χ1) is 13.5. The molecule has 4 bridgehead atoms. The normalized spacial score (nSPS) is 34.3. The second kappa shape index (κ2) is 8.03. The van der Waals surface area contributed by atoms with Crippen LogP contribution in [0.15, 0.2) is 0 Å². The predicted octanol–water partition coefficient (Wildman–Crippen LogP) is 2.08. The van der Waals surface area contributed by atoms with Gasteiger partial charge in [-0.1, -0.05) is 0 Å². The first kappa shape index (κ1) is 19.7. The summed E-state index contributed by atoms with van der Waals surface area (Å²) in [5.74, 6) is 2.70. The molecule has 28 heavy (non-hydrogen) atoms. The molecule has 0 spiro atoms. The highest BCUT2D eigenvalue weighted by molar-refractivity contribution is 5.84. The van der Waals surface area contributed by atoms with Crippen LogP contribution in [0.2, 0.25) is 0 Å². The molecule has 1 heterocycles. The zero-order valence-corrected chi connectivity index (χ0v) is 17.2. The molecule has 0 unspecified atom stereocenters. The highest BCUT2D eigenvalue weighted by Gasteiger charge is 2.54. The van der Waals surface area contributed by atoms with E-state index in [1.807, 2.05) is 11.8 Å². The second-order valence-electron chi connectivity index (χ2n) is 9.75. The van der Waals surface area contributed by atoms with Crippen molar-refractivity contribution in [1.82, 2.24) is 15.5 Å². The molecule has 1 saturated heterocycles. The minimum Gasteiger partial charge on any atom is -0.356 e. The fraction of sp³-hybridized carbons (Fsp3) is 0.864. The van der Waals surface area contributed by atoms with Crippen molar-refractivity contribution in [3.05, 3.63) is 0 Å². The third-order valence-corrected chi connectivity index (χ3v) is 7.71. The fourth-order valence-electron chi connectivity index (χ4n) is 6.73. The number of nitrogens with one attached hydrogen (secondary N) is 2. The van der Waals surface area contributed by atoms with E-state index in [0.29, 0.717) is 32.6 Å². The van der Waals surface area contributed by atoms with Gasteiger partial charge in [-0.2, -0.15) is 0 Å². The Kier molecular flexibility index (Phi) is 5.66. The van der Waals surface area contributed by atoms with Gasteiger partial charge in [0.25, 0.3) is 0 Å². The highest BCUT2D eigenvalue weighted by Crippen LogP contribution is 2.60. The van der Waals surface area contributed by atoms with E-state index < -0.39 is 0 Å². The zero-order valence-electron chi connectivity index (χ0n) is 17.2. The lowest BCUT2D eigenvalue weighted by Crippen LogP contribution is -2.54. The molecule has 0 aromatic rings. The molecule has 0 aromatic heterocycles. The molecule has 5 rings (SSSR count). The topological polar surface area (TPSA) is 78.5 Å². The summed E-state index contributed by atoms with van der Waals surface area (Å²) in [7, 11) is 0. The Morgan fingerprint density at radius 2 is 1.50 bits per heavy atom. The molecular weight excluding hydrogens is 354 g/mol. The Hall–Kier alpha value is -1.59. The van der Waals surface area contributed by atoms with Crippen LogP contribution in [0, 0.1) is 29.1 Å². The average molecular weight is 390 g/mol. The number of hydrogen-bond donors (Lipinski definition) is 2. The number of likely N-dealkylation sites (tertiary alicyclic amines) is 1. The van der Waals surface area contributed by atoms with Gasteiger partial charge in [-0.3, -0.25) is 14.4 Å². The highest BCUT2D eigenvalue weighted by atomic mass is 16.2. The van der Waals surface area contributed by atoms with Gasteiger partial charge in [0.15, 0.2) is 0 Å². The molecule has 5 aliphatic rings. The van der Waals surface area contributed by atoms with Crippen LogP contribution in [0.1, 0.15) is 64.7 Å². The van der Waals surface area contributed by atoms with Crippen molar-refractivity contribution in [2.24, 2.45) is 29.1 Å². The lowest BCUT2D eigenvalue weighted by molar-refractivity contribution is -0.146. The number of nitrogens with zero attached hydrogens (tertiary/aromatic N) is 1. The molecule has 4 aliphatic carbocycles. The van der Waals surface area contributed by atoms with E-state index in [4.69, 9.17) is 0 Å². The molecular formula is C22H35N3O3. The van der Waals surface area contributed by atoms with Crippen LogP contribution < -0.4 is 10.6 Å². The Bertz CT molecular complexity index is 589. The fourth-order valence-corrected chi connectivity index (χ4v) is 6.73. The van der Waals surface area contributed by atoms with Crippen molar-refractivity contribution in [1.29, 1.82) is 0 Å². The van der Waals surface area contributed by atoms with Gasteiger partial charge in [0.2, 0.25) is 17.7 Å². The summed E-state index contributed by atoms with van der Waals surface area (Å²) in [6.07, 6.45) is 9.01. The molecule has 5 fully saturated rings. The molecule has 0 atom stereocenters. The van der Waals surface area contributed by atoms with E-state index in [9.17, 15) is 14.4 Å². The van der Waals surface area contributed by atoms with Gasteiger partial charge in [-0.25, -0.2) is 0 Å². The van der Waals surface area contributed by atoms with Crippen LogP contribution in [0.3, 0.4) is 0 Å². The van der Waals surface area contributed by atoms with Crippen LogP contribution in [0.5, 0.6) is 0 Å². The largest absolute Gasteiger partial charge is 0.356 e. The van der Waals surface area contributed by atoms with Crippen LogP contribution >= 0.6 is 0 Å². The number of rotatable bonds is 6. The summed E-state index contributed by atoms with van der Waals surface area (Å²) in [4.78, 5) is 39.2. The van der Waals surface area contributed by atoms with Gasteiger partial charge in [-0.05, 0) is 76.0 Å². The Morgan fingerprint density at radius 1 is 0.929 bits per heavy atom. The van der Waals surface area contributed by atoms with E-state index in [-0.39, 0.29) is 29.1 Å². The summed E-state index contributed by atoms with van der Waals surface area (Å²) in [5.41, 5.74) is -0.136. The summed E-state index contributed by atoms with van der Waals surface area (Å²) >= 11 is 0. The van der Waals surface area contributed by atoms with Gasteiger partial charge in [0.1, 0.15) is 0 Å². The SMILES string of the molecule is CCNC(=O)C1CCN(C(=O)CCNC(=O)C23CC4CC(CC(C4)C2)C3)CC1. The summed E-state index contributed by atoms with van der Waals surface area (Å²) in [5, 5.41) is 5.97. The Labute approximate surface area is 168 Å². The molecule has 0 aromatic carbocycles. The average Bonchev–Trinajstić information content (AvgIpc) is 2.67. The van der Waals surface area contributed by atoms with Crippen molar-refractivity contribution < 1.29 is 14.4 Å². The summed E-state index contributed by atoms with van der Waals surface area (Å²) < 4.78 is 0. The summed E-state index contributed by atoms with van der Waals surface area (Å²) in [6, 6.07) is 0. The number of hydrogen-bond acceptors (Lipinski definition) is 3. The van der Waals surface area contributed by atoms with Crippen LogP contribution in [-0.2, 0) is 14.4 Å². The van der Waals surface area contributed by atoms with E-state index >= 15 is 0 Å². The minimum absolute atomic E-state index is 0.0276. The molecule has 6 nitrogen and oxygen atoms in total. The number of carbonyl (C=O) groups is 3. The molecule has 156 valence electrons. The minimum atomic E-state index is -0.136. The maximum Gasteiger partial charge on any atom is 0.226 e. The molecule has 4 saturated carbocycles. The Morgan fingerprint density at radius 3 is 2.04 bits per heavy atom. The first-order valence-corrected chi connectivity index (χ1v) is 11.3. The van der Waals surface area contributed by atoms with Crippen LogP contribution in [0.25, 0.3) is 0 Å². The van der Waals surface area contributed by atoms with Gasteiger partial charge >= 0.3 is 0 Å². The van der Waals surface area contributed by atoms with Crippen molar-refractivity contribution in [3.8, 4) is 0 Å². The van der Waals surface area contributed by atoms with Crippen LogP contribution in [-0.4, -0.2) is 48.8 Å². The van der Waals surface area contributed by atoms with Crippen molar-refractivity contribution in [3.63, 3.8) is 0 Å². The molecule has 1 aliphatic heterocycles. The molecule has 3 amide bonds.